The second kappa shape index (κ2) is 15.5. The smallest absolute Gasteiger partial charge is 0.414 e. The minimum atomic E-state index is -0.967. The SMILES string of the molecule is COc1ccc([C@H](Cc2c(Cl)c[n+]([O-])cc2Cl)OC(=O)c2ccc(F)c(CN(C(=O)O[C@H]3CN4CCC3CC4)c3ccccc3)c2)cc1OC. The molecule has 3 fully saturated rings. The van der Waals surface area contributed by atoms with Crippen molar-refractivity contribution in [3.05, 3.63) is 122 Å². The minimum absolute atomic E-state index is 0.000989. The highest BCUT2D eigenvalue weighted by atomic mass is 35.5. The summed E-state index contributed by atoms with van der Waals surface area (Å²) in [6, 6.07) is 17.7. The van der Waals surface area contributed by atoms with E-state index in [4.69, 9.17) is 42.1 Å². The van der Waals surface area contributed by atoms with E-state index >= 15 is 4.39 Å². The van der Waals surface area contributed by atoms with E-state index < -0.39 is 24.0 Å². The molecule has 2 atom stereocenters. The maximum Gasteiger partial charge on any atom is 0.414 e. The Hall–Kier alpha value is -4.58. The molecule has 50 heavy (non-hydrogen) atoms. The fourth-order valence-electron chi connectivity index (χ4n) is 6.49. The Morgan fingerprint density at radius 2 is 1.68 bits per heavy atom. The highest BCUT2D eigenvalue weighted by Crippen LogP contribution is 2.36. The summed E-state index contributed by atoms with van der Waals surface area (Å²) in [5.41, 5.74) is 1.57. The minimum Gasteiger partial charge on any atom is -0.619 e. The molecule has 262 valence electrons. The molecule has 0 saturated carbocycles. The highest BCUT2D eigenvalue weighted by Gasteiger charge is 2.37. The van der Waals surface area contributed by atoms with Gasteiger partial charge in [0, 0.05) is 29.8 Å². The number of hydrogen-bond acceptors (Lipinski definition) is 8. The Bertz CT molecular complexity index is 1830. The number of anilines is 1. The number of pyridine rings is 1. The van der Waals surface area contributed by atoms with Gasteiger partial charge in [-0.2, -0.15) is 4.73 Å². The predicted molar refractivity (Wildman–Crippen MR) is 185 cm³/mol. The molecule has 3 aromatic carbocycles. The Kier molecular flexibility index (Phi) is 11.0. The lowest BCUT2D eigenvalue weighted by molar-refractivity contribution is -0.605. The Balaban J connectivity index is 1.27. The number of amides is 1. The van der Waals surface area contributed by atoms with Crippen molar-refractivity contribution in [1.82, 2.24) is 4.90 Å². The number of para-hydroxylation sites is 1. The van der Waals surface area contributed by atoms with E-state index in [9.17, 15) is 14.8 Å². The number of carbonyl (C=O) groups excluding carboxylic acids is 2. The molecule has 4 aromatic rings. The van der Waals surface area contributed by atoms with Crippen LogP contribution in [0.1, 0.15) is 46.0 Å². The van der Waals surface area contributed by atoms with Crippen LogP contribution in [0.25, 0.3) is 0 Å². The number of halogens is 3. The topological polar surface area (TPSA) is 104 Å². The van der Waals surface area contributed by atoms with Crippen LogP contribution >= 0.6 is 23.2 Å². The number of rotatable bonds is 11. The third-order valence-electron chi connectivity index (χ3n) is 9.22. The molecule has 3 saturated heterocycles. The number of nitrogens with zero attached hydrogens (tertiary/aromatic N) is 3. The Labute approximate surface area is 299 Å². The van der Waals surface area contributed by atoms with E-state index in [1.165, 1.54) is 31.3 Å². The molecule has 10 nitrogen and oxygen atoms in total. The number of benzene rings is 3. The van der Waals surface area contributed by atoms with Crippen molar-refractivity contribution in [1.29, 1.82) is 0 Å². The number of esters is 1. The predicted octanol–water partition coefficient (Wildman–Crippen LogP) is 7.16. The van der Waals surface area contributed by atoms with Crippen LogP contribution in [-0.4, -0.2) is 56.9 Å². The maximum atomic E-state index is 15.4. The molecule has 1 amide bonds. The Morgan fingerprint density at radius 1 is 0.980 bits per heavy atom. The third-order valence-corrected chi connectivity index (χ3v) is 9.87. The van der Waals surface area contributed by atoms with Crippen molar-refractivity contribution < 1.29 is 37.7 Å². The van der Waals surface area contributed by atoms with Gasteiger partial charge in [0.05, 0.1) is 26.3 Å². The zero-order valence-electron chi connectivity index (χ0n) is 27.5. The van der Waals surface area contributed by atoms with E-state index in [1.54, 1.807) is 42.5 Å². The van der Waals surface area contributed by atoms with Gasteiger partial charge in [0.1, 0.15) is 28.1 Å². The van der Waals surface area contributed by atoms with Crippen LogP contribution in [0, 0.1) is 16.9 Å². The summed E-state index contributed by atoms with van der Waals surface area (Å²) in [5.74, 6) is -0.235. The molecule has 0 aliphatic carbocycles. The average molecular weight is 725 g/mol. The first-order chi connectivity index (χ1) is 24.1. The molecule has 0 unspecified atom stereocenters. The lowest BCUT2D eigenvalue weighted by Crippen LogP contribution is -2.53. The van der Waals surface area contributed by atoms with Gasteiger partial charge in [0.15, 0.2) is 23.9 Å². The number of carbonyl (C=O) groups is 2. The molecule has 3 aliphatic rings. The molecular formula is C37H36Cl2FN3O7. The van der Waals surface area contributed by atoms with Gasteiger partial charge in [-0.25, -0.2) is 14.0 Å². The lowest BCUT2D eigenvalue weighted by Gasteiger charge is -2.44. The number of aromatic nitrogens is 1. The van der Waals surface area contributed by atoms with Gasteiger partial charge >= 0.3 is 12.1 Å². The average Bonchev–Trinajstić information content (AvgIpc) is 3.12. The first kappa shape index (κ1) is 35.3. The molecular weight excluding hydrogens is 688 g/mol. The number of ether oxygens (including phenoxy) is 4. The molecule has 0 spiro atoms. The molecule has 1 aromatic heterocycles. The molecule has 13 heteroatoms. The van der Waals surface area contributed by atoms with Crippen molar-refractivity contribution in [2.75, 3.05) is 38.8 Å². The summed E-state index contributed by atoms with van der Waals surface area (Å²) in [6.45, 7) is 2.47. The summed E-state index contributed by atoms with van der Waals surface area (Å²) in [6.07, 6.45) is 2.44. The standard InChI is InChI=1S/C37H36Cl2FN3O7/c1-47-32-11-9-24(17-34(32)48-2)33(18-28-29(38)20-42(46)21-30(28)39)49-36(44)25-8-10-31(40)26(16-25)19-43(27-6-4-3-5-7-27)37(45)50-35-22-41-14-12-23(35)13-15-41/h3-11,16-17,20-21,23,33,35H,12-15,18-19,22H2,1-2H3/t33-,35-/m0/s1. The van der Waals surface area contributed by atoms with Gasteiger partial charge in [-0.3, -0.25) is 9.80 Å². The highest BCUT2D eigenvalue weighted by molar-refractivity contribution is 6.35. The molecule has 4 heterocycles. The normalized spacial score (nSPS) is 18.6. The third kappa shape index (κ3) is 7.90. The second-order valence-electron chi connectivity index (χ2n) is 12.3. The van der Waals surface area contributed by atoms with Gasteiger partial charge < -0.3 is 24.2 Å². The van der Waals surface area contributed by atoms with Crippen molar-refractivity contribution in [2.45, 2.75) is 38.0 Å². The van der Waals surface area contributed by atoms with E-state index in [0.29, 0.717) is 39.6 Å². The summed E-state index contributed by atoms with van der Waals surface area (Å²) in [5, 5.41) is 12.1. The molecule has 0 radical (unpaired) electrons. The maximum absolute atomic E-state index is 15.4. The van der Waals surface area contributed by atoms with Crippen LogP contribution in [0.4, 0.5) is 14.9 Å². The number of hydrogen-bond donors (Lipinski definition) is 0. The van der Waals surface area contributed by atoms with Crippen LogP contribution < -0.4 is 19.1 Å². The molecule has 0 N–H and O–H groups in total. The van der Waals surface area contributed by atoms with E-state index in [0.717, 1.165) is 44.4 Å². The molecule has 3 aliphatic heterocycles. The van der Waals surface area contributed by atoms with Crippen LogP contribution in [-0.2, 0) is 22.4 Å². The zero-order valence-corrected chi connectivity index (χ0v) is 29.0. The largest absolute Gasteiger partial charge is 0.619 e. The van der Waals surface area contributed by atoms with Gasteiger partial charge in [-0.15, -0.1) is 0 Å². The van der Waals surface area contributed by atoms with Gasteiger partial charge in [0.25, 0.3) is 0 Å². The number of fused-ring (bicyclic) bond motifs is 3. The second-order valence-corrected chi connectivity index (χ2v) is 13.1. The van der Waals surface area contributed by atoms with Crippen LogP contribution in [0.2, 0.25) is 10.0 Å². The van der Waals surface area contributed by atoms with Crippen LogP contribution in [0.15, 0.2) is 79.1 Å². The fourth-order valence-corrected chi connectivity index (χ4v) is 7.09. The summed E-state index contributed by atoms with van der Waals surface area (Å²) in [4.78, 5) is 31.1. The van der Waals surface area contributed by atoms with Crippen LogP contribution in [0.3, 0.4) is 0 Å². The first-order valence-corrected chi connectivity index (χ1v) is 16.9. The first-order valence-electron chi connectivity index (χ1n) is 16.2. The zero-order chi connectivity index (χ0) is 35.4. The molecule has 2 bridgehead atoms. The Morgan fingerprint density at radius 3 is 2.32 bits per heavy atom. The number of methoxy groups -OCH3 is 2. The van der Waals surface area contributed by atoms with Gasteiger partial charge in [0.2, 0.25) is 0 Å². The van der Waals surface area contributed by atoms with Crippen molar-refractivity contribution in [3.63, 3.8) is 0 Å². The quantitative estimate of drug-likeness (QED) is 0.0913. The van der Waals surface area contributed by atoms with Gasteiger partial charge in [-0.1, -0.05) is 47.5 Å². The lowest BCUT2D eigenvalue weighted by atomic mass is 9.86. The summed E-state index contributed by atoms with van der Waals surface area (Å²) >= 11 is 12.8. The van der Waals surface area contributed by atoms with E-state index in [2.05, 4.69) is 4.90 Å². The summed E-state index contributed by atoms with van der Waals surface area (Å²) in [7, 11) is 2.98. The van der Waals surface area contributed by atoms with Crippen molar-refractivity contribution in [3.8, 4) is 11.5 Å². The van der Waals surface area contributed by atoms with E-state index in [-0.39, 0.29) is 46.2 Å². The van der Waals surface area contributed by atoms with Crippen LogP contribution in [0.5, 0.6) is 11.5 Å². The molecule has 7 rings (SSSR count). The fraction of sp³-hybridized carbons (Fsp3) is 0.324. The van der Waals surface area contributed by atoms with Crippen molar-refractivity contribution in [2.24, 2.45) is 5.92 Å². The monoisotopic (exact) mass is 723 g/mol. The summed E-state index contributed by atoms with van der Waals surface area (Å²) < 4.78 is 38.8. The van der Waals surface area contributed by atoms with Crippen molar-refractivity contribution >= 4 is 41.0 Å². The van der Waals surface area contributed by atoms with Gasteiger partial charge in [-0.05, 0) is 79.9 Å². The number of piperidine rings is 3. The van der Waals surface area contributed by atoms with E-state index in [1.807, 2.05) is 6.07 Å².